The van der Waals surface area contributed by atoms with Crippen LogP contribution in [0.5, 0.6) is 0 Å². The fraction of sp³-hybridized carbons (Fsp3) is 0.259. The van der Waals surface area contributed by atoms with Gasteiger partial charge in [0.05, 0.1) is 10.6 Å². The Morgan fingerprint density at radius 2 is 1.58 bits per heavy atom. The average molecular weight is 597 g/mol. The zero-order valence-electron chi connectivity index (χ0n) is 20.9. The monoisotopic (exact) mass is 595 g/mol. The first-order valence-corrected chi connectivity index (χ1v) is 14.5. The molecule has 11 heteroatoms. The lowest BCUT2D eigenvalue weighted by molar-refractivity contribution is -0.140. The van der Waals surface area contributed by atoms with Gasteiger partial charge < -0.3 is 10.2 Å². The van der Waals surface area contributed by atoms with Gasteiger partial charge >= 0.3 is 0 Å². The number of halogens is 3. The molecule has 0 radical (unpaired) electrons. The molecular weight excluding hydrogens is 569 g/mol. The number of sulfonamides is 1. The highest BCUT2D eigenvalue weighted by Crippen LogP contribution is 2.28. The molecular formula is C27H28Cl3N3O4S. The Morgan fingerprint density at radius 1 is 0.895 bits per heavy atom. The molecule has 0 fully saturated rings. The molecule has 38 heavy (non-hydrogen) atoms. The van der Waals surface area contributed by atoms with Gasteiger partial charge in [0.25, 0.3) is 10.0 Å². The molecule has 0 bridgehead atoms. The van der Waals surface area contributed by atoms with Gasteiger partial charge in [-0.25, -0.2) is 8.42 Å². The molecule has 0 aliphatic rings. The second kappa shape index (κ2) is 13.3. The maximum atomic E-state index is 13.9. The highest BCUT2D eigenvalue weighted by molar-refractivity contribution is 7.92. The van der Waals surface area contributed by atoms with Crippen molar-refractivity contribution >= 4 is 62.3 Å². The van der Waals surface area contributed by atoms with E-state index in [0.29, 0.717) is 33.6 Å². The summed E-state index contributed by atoms with van der Waals surface area (Å²) in [6, 6.07) is 18.0. The molecule has 2 amide bonds. The van der Waals surface area contributed by atoms with Gasteiger partial charge in [0.15, 0.2) is 0 Å². The quantitative estimate of drug-likeness (QED) is 0.304. The van der Waals surface area contributed by atoms with Crippen molar-refractivity contribution in [3.63, 3.8) is 0 Å². The fourth-order valence-corrected chi connectivity index (χ4v) is 5.83. The predicted molar refractivity (Wildman–Crippen MR) is 152 cm³/mol. The zero-order chi connectivity index (χ0) is 27.9. The normalized spacial score (nSPS) is 12.0. The molecule has 0 unspecified atom stereocenters. The number of hydrogen-bond donors (Lipinski definition) is 1. The second-order valence-electron chi connectivity index (χ2n) is 8.38. The van der Waals surface area contributed by atoms with Crippen LogP contribution in [0.15, 0.2) is 77.7 Å². The molecule has 0 saturated heterocycles. The molecule has 0 heterocycles. The third-order valence-corrected chi connectivity index (χ3v) is 8.46. The van der Waals surface area contributed by atoms with Crippen molar-refractivity contribution in [3.05, 3.63) is 93.4 Å². The van der Waals surface area contributed by atoms with Crippen LogP contribution in [-0.2, 0) is 26.2 Å². The molecule has 0 saturated carbocycles. The Kier molecular flexibility index (Phi) is 10.4. The lowest BCUT2D eigenvalue weighted by Gasteiger charge is -2.33. The molecule has 0 aliphatic heterocycles. The summed E-state index contributed by atoms with van der Waals surface area (Å²) in [6.45, 7) is 3.38. The van der Waals surface area contributed by atoms with Crippen molar-refractivity contribution in [2.24, 2.45) is 0 Å². The average Bonchev–Trinajstić information content (AvgIpc) is 2.88. The fourth-order valence-electron chi connectivity index (χ4n) is 3.92. The third kappa shape index (κ3) is 7.20. The molecule has 3 aromatic rings. The van der Waals surface area contributed by atoms with Gasteiger partial charge in [-0.3, -0.25) is 13.9 Å². The summed E-state index contributed by atoms with van der Waals surface area (Å²) in [5.41, 5.74) is 0.824. The highest BCUT2D eigenvalue weighted by atomic mass is 35.5. The number of anilines is 1. The molecule has 0 aromatic heterocycles. The van der Waals surface area contributed by atoms with Crippen LogP contribution >= 0.6 is 34.8 Å². The molecule has 3 aromatic carbocycles. The van der Waals surface area contributed by atoms with Gasteiger partial charge in [0.2, 0.25) is 11.8 Å². The van der Waals surface area contributed by atoms with Crippen LogP contribution in [0, 0.1) is 0 Å². The van der Waals surface area contributed by atoms with E-state index >= 15 is 0 Å². The molecule has 1 N–H and O–H groups in total. The Bertz CT molecular complexity index is 1380. The Morgan fingerprint density at radius 3 is 2.18 bits per heavy atom. The summed E-state index contributed by atoms with van der Waals surface area (Å²) < 4.78 is 28.5. The van der Waals surface area contributed by atoms with Gasteiger partial charge in [-0.1, -0.05) is 66.0 Å². The SMILES string of the molecule is CCNC(=O)[C@@H](CC)N(Cc1ccccc1Cl)C(=O)CN(c1cccc(Cl)c1)S(=O)(=O)c1ccc(Cl)cc1. The first-order valence-electron chi connectivity index (χ1n) is 11.9. The summed E-state index contributed by atoms with van der Waals surface area (Å²) in [7, 11) is -4.22. The van der Waals surface area contributed by atoms with Crippen molar-refractivity contribution < 1.29 is 18.0 Å². The van der Waals surface area contributed by atoms with E-state index in [1.807, 2.05) is 0 Å². The zero-order valence-corrected chi connectivity index (χ0v) is 24.0. The Hall–Kier alpha value is -2.78. The number of benzene rings is 3. The van der Waals surface area contributed by atoms with Crippen LogP contribution in [0.1, 0.15) is 25.8 Å². The first kappa shape index (κ1) is 29.8. The topological polar surface area (TPSA) is 86.8 Å². The largest absolute Gasteiger partial charge is 0.355 e. The van der Waals surface area contributed by atoms with Crippen molar-refractivity contribution in [2.75, 3.05) is 17.4 Å². The van der Waals surface area contributed by atoms with E-state index < -0.39 is 28.5 Å². The number of nitrogens with zero attached hydrogens (tertiary/aromatic N) is 2. The van der Waals surface area contributed by atoms with Gasteiger partial charge in [-0.2, -0.15) is 0 Å². The van der Waals surface area contributed by atoms with Crippen LogP contribution in [0.3, 0.4) is 0 Å². The molecule has 7 nitrogen and oxygen atoms in total. The van der Waals surface area contributed by atoms with Crippen LogP contribution < -0.4 is 9.62 Å². The molecule has 1 atom stereocenters. The third-order valence-electron chi connectivity index (χ3n) is 5.81. The smallest absolute Gasteiger partial charge is 0.264 e. The maximum absolute atomic E-state index is 13.9. The van der Waals surface area contributed by atoms with Crippen molar-refractivity contribution in [1.82, 2.24) is 10.2 Å². The standard InChI is InChI=1S/C27H28Cl3N3O4S/c1-3-25(27(35)31-4-2)32(17-19-8-5-6-11-24(19)30)26(34)18-33(22-10-7-9-21(29)16-22)38(36,37)23-14-12-20(28)13-15-23/h5-16,25H,3-4,17-18H2,1-2H3,(H,31,35)/t25-/m1/s1. The van der Waals surface area contributed by atoms with E-state index in [0.717, 1.165) is 4.31 Å². The minimum absolute atomic E-state index is 0.0124. The summed E-state index contributed by atoms with van der Waals surface area (Å²) >= 11 is 18.5. The van der Waals surface area contributed by atoms with E-state index in [1.54, 1.807) is 56.3 Å². The predicted octanol–water partition coefficient (Wildman–Crippen LogP) is 5.79. The van der Waals surface area contributed by atoms with E-state index in [9.17, 15) is 18.0 Å². The maximum Gasteiger partial charge on any atom is 0.264 e. The van der Waals surface area contributed by atoms with Crippen molar-refractivity contribution in [3.8, 4) is 0 Å². The highest BCUT2D eigenvalue weighted by Gasteiger charge is 2.33. The summed E-state index contributed by atoms with van der Waals surface area (Å²) in [6.07, 6.45) is 0.309. The number of amides is 2. The van der Waals surface area contributed by atoms with Gasteiger partial charge in [0.1, 0.15) is 12.6 Å². The van der Waals surface area contributed by atoms with Crippen molar-refractivity contribution in [2.45, 2.75) is 37.8 Å². The summed E-state index contributed by atoms with van der Waals surface area (Å²) in [4.78, 5) is 28.2. The van der Waals surface area contributed by atoms with Crippen LogP contribution in [-0.4, -0.2) is 44.3 Å². The van der Waals surface area contributed by atoms with Gasteiger partial charge in [-0.15, -0.1) is 0 Å². The molecule has 202 valence electrons. The minimum Gasteiger partial charge on any atom is -0.355 e. The summed E-state index contributed by atoms with van der Waals surface area (Å²) in [5, 5.41) is 3.85. The number of rotatable bonds is 11. The van der Waals surface area contributed by atoms with Crippen molar-refractivity contribution in [1.29, 1.82) is 0 Å². The van der Waals surface area contributed by atoms with E-state index in [1.165, 1.54) is 35.2 Å². The summed E-state index contributed by atoms with van der Waals surface area (Å²) in [5.74, 6) is -0.925. The number of nitrogens with one attached hydrogen (secondary N) is 1. The molecule has 0 spiro atoms. The van der Waals surface area contributed by atoms with Gasteiger partial charge in [0, 0.05) is 28.2 Å². The lowest BCUT2D eigenvalue weighted by atomic mass is 10.1. The minimum atomic E-state index is -4.22. The van der Waals surface area contributed by atoms with Crippen LogP contribution in [0.4, 0.5) is 5.69 Å². The van der Waals surface area contributed by atoms with E-state index in [2.05, 4.69) is 5.32 Å². The number of hydrogen-bond acceptors (Lipinski definition) is 4. The number of carbonyl (C=O) groups is 2. The van der Waals surface area contributed by atoms with E-state index in [4.69, 9.17) is 34.8 Å². The second-order valence-corrected chi connectivity index (χ2v) is 11.5. The van der Waals surface area contributed by atoms with E-state index in [-0.39, 0.29) is 23.0 Å². The Balaban J connectivity index is 2.07. The van der Waals surface area contributed by atoms with Crippen LogP contribution in [0.2, 0.25) is 15.1 Å². The Labute approximate surface area is 238 Å². The number of likely N-dealkylation sites (N-methyl/N-ethyl adjacent to an activating group) is 1. The van der Waals surface area contributed by atoms with Gasteiger partial charge in [-0.05, 0) is 67.4 Å². The molecule has 0 aliphatic carbocycles. The number of carbonyl (C=O) groups excluding carboxylic acids is 2. The van der Waals surface area contributed by atoms with Crippen LogP contribution in [0.25, 0.3) is 0 Å². The lowest BCUT2D eigenvalue weighted by Crippen LogP contribution is -2.52. The first-order chi connectivity index (χ1) is 18.1. The molecule has 3 rings (SSSR count).